The van der Waals surface area contributed by atoms with Crippen LogP contribution in [-0.4, -0.2) is 40.3 Å². The van der Waals surface area contributed by atoms with Crippen molar-refractivity contribution in [3.8, 4) is 0 Å². The number of urea groups is 1. The maximum absolute atomic E-state index is 11.9. The molecular weight excluding hydrogens is 326 g/mol. The number of aromatic amines is 1. The molecule has 0 radical (unpaired) electrons. The second kappa shape index (κ2) is 9.05. The number of amides is 3. The molecule has 0 bridgehead atoms. The first-order chi connectivity index (χ1) is 11.6. The summed E-state index contributed by atoms with van der Waals surface area (Å²) in [5.74, 6) is 0.310. The Labute approximate surface area is 146 Å². The quantitative estimate of drug-likeness (QED) is 0.486. The molecule has 0 fully saturated rings. The average molecular weight is 353 g/mol. The summed E-state index contributed by atoms with van der Waals surface area (Å²) < 4.78 is 0. The van der Waals surface area contributed by atoms with Gasteiger partial charge in [-0.05, 0) is 31.1 Å². The zero-order chi connectivity index (χ0) is 19.0. The van der Waals surface area contributed by atoms with Crippen LogP contribution in [0.25, 0.3) is 0 Å². The van der Waals surface area contributed by atoms with Gasteiger partial charge in [0.1, 0.15) is 0 Å². The Morgan fingerprint density at radius 2 is 2.04 bits per heavy atom. The van der Waals surface area contributed by atoms with Crippen LogP contribution in [0.5, 0.6) is 0 Å². The van der Waals surface area contributed by atoms with E-state index in [-0.39, 0.29) is 22.8 Å². The molecule has 0 aliphatic carbocycles. The van der Waals surface area contributed by atoms with Gasteiger partial charge in [0.15, 0.2) is 0 Å². The molecule has 1 rings (SSSR count). The first kappa shape index (κ1) is 20.5. The third kappa shape index (κ3) is 8.73. The zero-order valence-corrected chi connectivity index (χ0v) is 15.1. The Kier molecular flexibility index (Phi) is 7.41. The Hall–Kier alpha value is -2.58. The standard InChI is InChI=1S/C16H27N5O4/c1-10(8-16(3,4)5-6-17-15(24)25)9-18-14(23)21-13-19-11(2)7-12(22)20-13/h7,10,17H,5-6,8-9H2,1-4H3,(H,24,25)(H3,18,19,20,21,22,23). The molecule has 9 nitrogen and oxygen atoms in total. The lowest BCUT2D eigenvalue weighted by atomic mass is 9.80. The van der Waals surface area contributed by atoms with Crippen molar-refractivity contribution in [3.05, 3.63) is 22.1 Å². The van der Waals surface area contributed by atoms with Gasteiger partial charge in [-0.1, -0.05) is 20.8 Å². The first-order valence-electron chi connectivity index (χ1n) is 8.17. The maximum atomic E-state index is 11.9. The highest BCUT2D eigenvalue weighted by Gasteiger charge is 2.21. The lowest BCUT2D eigenvalue weighted by Gasteiger charge is -2.28. The molecule has 1 heterocycles. The molecule has 0 aliphatic rings. The molecule has 1 atom stereocenters. The monoisotopic (exact) mass is 353 g/mol. The predicted molar refractivity (Wildman–Crippen MR) is 94.8 cm³/mol. The number of hydrogen-bond donors (Lipinski definition) is 5. The Bertz CT molecular complexity index is 656. The highest BCUT2D eigenvalue weighted by molar-refractivity contribution is 5.87. The fourth-order valence-electron chi connectivity index (χ4n) is 2.68. The summed E-state index contributed by atoms with van der Waals surface area (Å²) in [4.78, 5) is 40.2. The summed E-state index contributed by atoms with van der Waals surface area (Å²) >= 11 is 0. The average Bonchev–Trinajstić information content (AvgIpc) is 2.42. The van der Waals surface area contributed by atoms with E-state index < -0.39 is 12.1 Å². The van der Waals surface area contributed by atoms with E-state index in [1.807, 2.05) is 6.92 Å². The van der Waals surface area contributed by atoms with Crippen LogP contribution in [0, 0.1) is 18.3 Å². The number of nitrogens with one attached hydrogen (secondary N) is 4. The number of carbonyl (C=O) groups is 2. The highest BCUT2D eigenvalue weighted by atomic mass is 16.4. The van der Waals surface area contributed by atoms with Crippen molar-refractivity contribution in [1.82, 2.24) is 20.6 Å². The summed E-state index contributed by atoms with van der Waals surface area (Å²) in [5, 5.41) is 16.2. The van der Waals surface area contributed by atoms with Gasteiger partial charge in [0.25, 0.3) is 5.56 Å². The second-order valence-corrected chi connectivity index (χ2v) is 7.03. The van der Waals surface area contributed by atoms with Gasteiger partial charge in [0.05, 0.1) is 0 Å². The van der Waals surface area contributed by atoms with Gasteiger partial charge in [-0.25, -0.2) is 14.6 Å². The van der Waals surface area contributed by atoms with Gasteiger partial charge in [-0.15, -0.1) is 0 Å². The number of anilines is 1. The molecule has 140 valence electrons. The van der Waals surface area contributed by atoms with Crippen LogP contribution in [0.3, 0.4) is 0 Å². The Balaban J connectivity index is 2.39. The minimum atomic E-state index is -1.02. The maximum Gasteiger partial charge on any atom is 0.404 e. The topological polar surface area (TPSA) is 136 Å². The predicted octanol–water partition coefficient (Wildman–Crippen LogP) is 1.91. The highest BCUT2D eigenvalue weighted by Crippen LogP contribution is 2.28. The molecule has 5 N–H and O–H groups in total. The lowest BCUT2D eigenvalue weighted by molar-refractivity contribution is 0.189. The van der Waals surface area contributed by atoms with Gasteiger partial charge in [-0.2, -0.15) is 0 Å². The van der Waals surface area contributed by atoms with Crippen molar-refractivity contribution >= 4 is 18.1 Å². The van der Waals surface area contributed by atoms with Crippen LogP contribution in [0.15, 0.2) is 10.9 Å². The molecule has 0 spiro atoms. The van der Waals surface area contributed by atoms with E-state index in [9.17, 15) is 14.4 Å². The van der Waals surface area contributed by atoms with E-state index in [0.717, 1.165) is 6.42 Å². The molecule has 0 aliphatic heterocycles. The van der Waals surface area contributed by atoms with Crippen LogP contribution < -0.4 is 21.5 Å². The zero-order valence-electron chi connectivity index (χ0n) is 15.1. The molecule has 1 aromatic heterocycles. The van der Waals surface area contributed by atoms with Crippen LogP contribution in [0.4, 0.5) is 15.5 Å². The number of rotatable bonds is 8. The minimum Gasteiger partial charge on any atom is -0.465 e. The summed E-state index contributed by atoms with van der Waals surface area (Å²) in [6.45, 7) is 8.66. The molecular formula is C16H27N5O4. The van der Waals surface area contributed by atoms with Gasteiger partial charge >= 0.3 is 12.1 Å². The molecule has 9 heteroatoms. The minimum absolute atomic E-state index is 0.0522. The van der Waals surface area contributed by atoms with E-state index in [1.165, 1.54) is 6.07 Å². The van der Waals surface area contributed by atoms with E-state index in [4.69, 9.17) is 5.11 Å². The van der Waals surface area contributed by atoms with Crippen molar-refractivity contribution in [1.29, 1.82) is 0 Å². The number of H-pyrrole nitrogens is 1. The molecule has 1 unspecified atom stereocenters. The smallest absolute Gasteiger partial charge is 0.404 e. The number of aryl methyl sites for hydroxylation is 1. The summed E-state index contributed by atoms with van der Waals surface area (Å²) in [6.07, 6.45) is 0.517. The van der Waals surface area contributed by atoms with Crippen molar-refractivity contribution in [2.45, 2.75) is 40.5 Å². The van der Waals surface area contributed by atoms with Crippen molar-refractivity contribution in [3.63, 3.8) is 0 Å². The number of carboxylic acid groups (broad SMARTS) is 1. The third-order valence-electron chi connectivity index (χ3n) is 3.69. The summed E-state index contributed by atoms with van der Waals surface area (Å²) in [5.41, 5.74) is 0.139. The van der Waals surface area contributed by atoms with E-state index in [1.54, 1.807) is 6.92 Å². The first-order valence-corrected chi connectivity index (χ1v) is 8.17. The van der Waals surface area contributed by atoms with Crippen LogP contribution in [-0.2, 0) is 0 Å². The number of nitrogens with zero attached hydrogens (tertiary/aromatic N) is 1. The van der Waals surface area contributed by atoms with Crippen molar-refractivity contribution in [2.75, 3.05) is 18.4 Å². The van der Waals surface area contributed by atoms with Gasteiger partial charge in [-0.3, -0.25) is 15.1 Å². The van der Waals surface area contributed by atoms with Crippen LogP contribution in [0.1, 0.15) is 39.3 Å². The normalized spacial score (nSPS) is 12.3. The summed E-state index contributed by atoms with van der Waals surface area (Å²) in [7, 11) is 0. The van der Waals surface area contributed by atoms with Gasteiger partial charge in [0.2, 0.25) is 5.95 Å². The SMILES string of the molecule is Cc1cc(=O)[nH]c(NC(=O)NCC(C)CC(C)(C)CCNC(=O)O)n1. The van der Waals surface area contributed by atoms with E-state index in [0.29, 0.717) is 25.2 Å². The van der Waals surface area contributed by atoms with Crippen LogP contribution >= 0.6 is 0 Å². The van der Waals surface area contributed by atoms with Gasteiger partial charge in [0, 0.05) is 24.8 Å². The fourth-order valence-corrected chi connectivity index (χ4v) is 2.68. The third-order valence-corrected chi connectivity index (χ3v) is 3.69. The fraction of sp³-hybridized carbons (Fsp3) is 0.625. The number of aromatic nitrogens is 2. The Morgan fingerprint density at radius 3 is 2.64 bits per heavy atom. The molecule has 1 aromatic rings. The molecule has 0 saturated carbocycles. The van der Waals surface area contributed by atoms with E-state index >= 15 is 0 Å². The van der Waals surface area contributed by atoms with E-state index in [2.05, 4.69) is 39.8 Å². The van der Waals surface area contributed by atoms with Crippen molar-refractivity contribution in [2.24, 2.45) is 11.3 Å². The summed E-state index contributed by atoms with van der Waals surface area (Å²) in [6, 6.07) is 0.901. The largest absolute Gasteiger partial charge is 0.465 e. The molecule has 25 heavy (non-hydrogen) atoms. The molecule has 3 amide bonds. The number of carbonyl (C=O) groups excluding carboxylic acids is 1. The molecule has 0 aromatic carbocycles. The van der Waals surface area contributed by atoms with Gasteiger partial charge < -0.3 is 15.7 Å². The lowest BCUT2D eigenvalue weighted by Crippen LogP contribution is -2.35. The van der Waals surface area contributed by atoms with Crippen LogP contribution in [0.2, 0.25) is 0 Å². The number of hydrogen-bond acceptors (Lipinski definition) is 4. The Morgan fingerprint density at radius 1 is 1.36 bits per heavy atom. The second-order valence-electron chi connectivity index (χ2n) is 7.03. The van der Waals surface area contributed by atoms with Crippen molar-refractivity contribution < 1.29 is 14.7 Å². The molecule has 0 saturated heterocycles.